The number of rotatable bonds is 7. The smallest absolute Gasteiger partial charge is 0.251 e. The van der Waals surface area contributed by atoms with Crippen molar-refractivity contribution in [3.8, 4) is 5.75 Å². The highest BCUT2D eigenvalue weighted by Gasteiger charge is 2.08. The van der Waals surface area contributed by atoms with E-state index in [1.54, 1.807) is 30.3 Å². The molecule has 1 atom stereocenters. The molecule has 1 aromatic carbocycles. The summed E-state index contributed by atoms with van der Waals surface area (Å²) in [6.45, 7) is 8.18. The van der Waals surface area contributed by atoms with Crippen molar-refractivity contribution >= 4 is 5.91 Å². The van der Waals surface area contributed by atoms with Crippen LogP contribution < -0.4 is 10.1 Å². The molecule has 0 aliphatic heterocycles. The van der Waals surface area contributed by atoms with Gasteiger partial charge in [0.15, 0.2) is 0 Å². The van der Waals surface area contributed by atoms with E-state index in [0.29, 0.717) is 12.2 Å². The lowest BCUT2D eigenvalue weighted by molar-refractivity contribution is 0.0938. The summed E-state index contributed by atoms with van der Waals surface area (Å²) in [6, 6.07) is 7.34. The molecule has 0 radical (unpaired) electrons. The topological polar surface area (TPSA) is 38.3 Å². The van der Waals surface area contributed by atoms with Gasteiger partial charge in [0.05, 0.1) is 0 Å². The number of nitrogens with one attached hydrogen (secondary N) is 1. The molecule has 1 rings (SSSR count). The van der Waals surface area contributed by atoms with Crippen LogP contribution in [0.3, 0.4) is 0 Å². The molecule has 0 saturated carbocycles. The van der Waals surface area contributed by atoms with Gasteiger partial charge in [0.1, 0.15) is 12.4 Å². The van der Waals surface area contributed by atoms with E-state index < -0.39 is 0 Å². The number of ether oxygens (including phenoxy) is 1. The van der Waals surface area contributed by atoms with Crippen LogP contribution in [0.25, 0.3) is 0 Å². The van der Waals surface area contributed by atoms with Gasteiger partial charge < -0.3 is 10.1 Å². The Hall–Kier alpha value is -1.77. The van der Waals surface area contributed by atoms with Crippen LogP contribution in [0.2, 0.25) is 0 Å². The van der Waals surface area contributed by atoms with Gasteiger partial charge in [0, 0.05) is 11.6 Å². The van der Waals surface area contributed by atoms with E-state index in [1.165, 1.54) is 0 Å². The lowest BCUT2D eigenvalue weighted by Gasteiger charge is -2.12. The third-order valence-corrected chi connectivity index (χ3v) is 2.58. The predicted octanol–water partition coefficient (Wildman–Crippen LogP) is 3.17. The number of benzene rings is 1. The van der Waals surface area contributed by atoms with Crippen molar-refractivity contribution in [1.82, 2.24) is 5.32 Å². The minimum atomic E-state index is -0.0359. The van der Waals surface area contributed by atoms with Crippen molar-refractivity contribution in [3.05, 3.63) is 42.5 Å². The largest absolute Gasteiger partial charge is 0.490 e. The molecule has 0 aliphatic carbocycles. The molecule has 0 saturated heterocycles. The van der Waals surface area contributed by atoms with Crippen LogP contribution in [0.4, 0.5) is 0 Å². The molecule has 0 aliphatic rings. The molecule has 0 spiro atoms. The van der Waals surface area contributed by atoms with Crippen molar-refractivity contribution < 1.29 is 9.53 Å². The summed E-state index contributed by atoms with van der Waals surface area (Å²) < 4.78 is 5.36. The molecule has 0 unspecified atom stereocenters. The first-order valence-electron chi connectivity index (χ1n) is 6.32. The number of hydrogen-bond acceptors (Lipinski definition) is 2. The van der Waals surface area contributed by atoms with Crippen LogP contribution in [0.1, 0.15) is 37.0 Å². The molecule has 3 heteroatoms. The summed E-state index contributed by atoms with van der Waals surface area (Å²) in [5.74, 6) is 0.708. The Balaban J connectivity index is 2.55. The lowest BCUT2D eigenvalue weighted by Crippen LogP contribution is -2.32. The first kappa shape index (κ1) is 14.3. The molecule has 98 valence electrons. The van der Waals surface area contributed by atoms with E-state index in [9.17, 15) is 4.79 Å². The van der Waals surface area contributed by atoms with Crippen LogP contribution in [0, 0.1) is 0 Å². The fourth-order valence-electron chi connectivity index (χ4n) is 1.67. The zero-order valence-electron chi connectivity index (χ0n) is 11.1. The molecule has 0 heterocycles. The Morgan fingerprint density at radius 3 is 2.67 bits per heavy atom. The molecule has 0 fully saturated rings. The first-order chi connectivity index (χ1) is 8.67. The van der Waals surface area contributed by atoms with E-state index in [2.05, 4.69) is 18.8 Å². The summed E-state index contributed by atoms with van der Waals surface area (Å²) in [4.78, 5) is 11.9. The van der Waals surface area contributed by atoms with Gasteiger partial charge in [-0.3, -0.25) is 4.79 Å². The highest BCUT2D eigenvalue weighted by molar-refractivity contribution is 5.94. The van der Waals surface area contributed by atoms with E-state index >= 15 is 0 Å². The highest BCUT2D eigenvalue weighted by Crippen LogP contribution is 2.12. The average Bonchev–Trinajstić information content (AvgIpc) is 2.37. The van der Waals surface area contributed by atoms with Crippen molar-refractivity contribution in [2.75, 3.05) is 6.61 Å². The molecule has 18 heavy (non-hydrogen) atoms. The van der Waals surface area contributed by atoms with Gasteiger partial charge in [0.2, 0.25) is 0 Å². The van der Waals surface area contributed by atoms with Gasteiger partial charge in [-0.25, -0.2) is 0 Å². The lowest BCUT2D eigenvalue weighted by atomic mass is 10.1. The van der Waals surface area contributed by atoms with Gasteiger partial charge in [-0.2, -0.15) is 0 Å². The van der Waals surface area contributed by atoms with E-state index in [-0.39, 0.29) is 11.9 Å². The Kier molecular flexibility index (Phi) is 5.98. The SMILES string of the molecule is C=CCOc1ccc(C(=O)N[C@H](C)CCC)cc1. The number of carbonyl (C=O) groups excluding carboxylic acids is 1. The Morgan fingerprint density at radius 2 is 2.11 bits per heavy atom. The third kappa shape index (κ3) is 4.62. The van der Waals surface area contributed by atoms with Crippen molar-refractivity contribution in [2.45, 2.75) is 32.7 Å². The maximum absolute atomic E-state index is 11.9. The van der Waals surface area contributed by atoms with Gasteiger partial charge in [-0.1, -0.05) is 26.0 Å². The summed E-state index contributed by atoms with van der Waals surface area (Å²) in [7, 11) is 0. The van der Waals surface area contributed by atoms with Crippen LogP contribution in [0.15, 0.2) is 36.9 Å². The molecule has 1 N–H and O–H groups in total. The predicted molar refractivity (Wildman–Crippen MR) is 74.0 cm³/mol. The summed E-state index contributed by atoms with van der Waals surface area (Å²) in [6.07, 6.45) is 3.75. The van der Waals surface area contributed by atoms with Crippen LogP contribution in [0.5, 0.6) is 5.75 Å². The van der Waals surface area contributed by atoms with Gasteiger partial charge in [0.25, 0.3) is 5.91 Å². The Labute approximate surface area is 109 Å². The number of carbonyl (C=O) groups is 1. The Morgan fingerprint density at radius 1 is 1.44 bits per heavy atom. The number of amides is 1. The third-order valence-electron chi connectivity index (χ3n) is 2.58. The summed E-state index contributed by atoms with van der Waals surface area (Å²) >= 11 is 0. The molecule has 3 nitrogen and oxygen atoms in total. The van der Waals surface area contributed by atoms with Crippen LogP contribution in [-0.4, -0.2) is 18.6 Å². The van der Waals surface area contributed by atoms with Gasteiger partial charge in [-0.05, 0) is 37.6 Å². The molecule has 0 bridgehead atoms. The number of hydrogen-bond donors (Lipinski definition) is 1. The van der Waals surface area contributed by atoms with Gasteiger partial charge in [-0.15, -0.1) is 0 Å². The van der Waals surface area contributed by atoms with Crippen molar-refractivity contribution in [2.24, 2.45) is 0 Å². The van der Waals surface area contributed by atoms with E-state index in [4.69, 9.17) is 4.74 Å². The van der Waals surface area contributed by atoms with E-state index in [1.807, 2.05) is 6.92 Å². The monoisotopic (exact) mass is 247 g/mol. The quantitative estimate of drug-likeness (QED) is 0.752. The fraction of sp³-hybridized carbons (Fsp3) is 0.400. The second-order valence-electron chi connectivity index (χ2n) is 4.29. The summed E-state index contributed by atoms with van der Waals surface area (Å²) in [5, 5.41) is 2.96. The van der Waals surface area contributed by atoms with E-state index in [0.717, 1.165) is 18.6 Å². The normalized spacial score (nSPS) is 11.7. The molecular weight excluding hydrogens is 226 g/mol. The maximum atomic E-state index is 11.9. The van der Waals surface area contributed by atoms with Crippen molar-refractivity contribution in [1.29, 1.82) is 0 Å². The van der Waals surface area contributed by atoms with Gasteiger partial charge >= 0.3 is 0 Å². The van der Waals surface area contributed by atoms with Crippen LogP contribution in [-0.2, 0) is 0 Å². The second kappa shape index (κ2) is 7.54. The van der Waals surface area contributed by atoms with Crippen LogP contribution >= 0.6 is 0 Å². The Bertz CT molecular complexity index is 384. The maximum Gasteiger partial charge on any atom is 0.251 e. The zero-order valence-corrected chi connectivity index (χ0v) is 11.1. The fourth-order valence-corrected chi connectivity index (χ4v) is 1.67. The summed E-state index contributed by atoms with van der Waals surface area (Å²) in [5.41, 5.74) is 0.656. The minimum Gasteiger partial charge on any atom is -0.490 e. The average molecular weight is 247 g/mol. The standard InChI is InChI=1S/C15H21NO2/c1-4-6-12(3)16-15(17)13-7-9-14(10-8-13)18-11-5-2/h5,7-10,12H,2,4,6,11H2,1,3H3,(H,16,17)/t12-/m1/s1. The minimum absolute atomic E-state index is 0.0359. The molecule has 1 aromatic rings. The second-order valence-corrected chi connectivity index (χ2v) is 4.29. The molecule has 0 aromatic heterocycles. The zero-order chi connectivity index (χ0) is 13.4. The first-order valence-corrected chi connectivity index (χ1v) is 6.32. The highest BCUT2D eigenvalue weighted by atomic mass is 16.5. The van der Waals surface area contributed by atoms with Crippen molar-refractivity contribution in [3.63, 3.8) is 0 Å². The molecule has 1 amide bonds. The molecular formula is C15H21NO2.